The van der Waals surface area contributed by atoms with Gasteiger partial charge in [0, 0.05) is 6.54 Å². The third kappa shape index (κ3) is 4.24. The van der Waals surface area contributed by atoms with E-state index < -0.39 is 11.7 Å². The molecule has 0 saturated carbocycles. The summed E-state index contributed by atoms with van der Waals surface area (Å²) in [6, 6.07) is 9.24. The molecule has 0 N–H and O–H groups in total. The van der Waals surface area contributed by atoms with Crippen molar-refractivity contribution < 1.29 is 19.1 Å². The molecule has 0 bridgehead atoms. The number of nitrogens with zero attached hydrogens (tertiary/aromatic N) is 1. The Bertz CT molecular complexity index is 550. The van der Waals surface area contributed by atoms with Gasteiger partial charge in [0.1, 0.15) is 5.60 Å². The second-order valence-corrected chi connectivity index (χ2v) is 6.68. The van der Waals surface area contributed by atoms with Crippen molar-refractivity contribution in [3.8, 4) is 0 Å². The fraction of sp³-hybridized carbons (Fsp3) is 0.556. The highest BCUT2D eigenvalue weighted by atomic mass is 16.6. The standard InChI is InChI=1S/C18H25NO4/c1-5-22-16(20)14-11-12-19(17(21)23-18(2,3)4)15(14)13-9-7-6-8-10-13/h6-10,14-15H,5,11-12H2,1-4H3. The predicted octanol–water partition coefficient (Wildman–Crippen LogP) is 3.55. The normalized spacial score (nSPS) is 21.1. The molecule has 1 heterocycles. The molecule has 1 aromatic carbocycles. The van der Waals surface area contributed by atoms with Gasteiger partial charge in [-0.25, -0.2) is 4.79 Å². The Balaban J connectivity index is 2.28. The van der Waals surface area contributed by atoms with Crippen molar-refractivity contribution >= 4 is 12.1 Å². The third-order valence-corrected chi connectivity index (χ3v) is 3.76. The largest absolute Gasteiger partial charge is 0.466 e. The zero-order valence-corrected chi connectivity index (χ0v) is 14.2. The van der Waals surface area contributed by atoms with Crippen LogP contribution in [0.25, 0.3) is 0 Å². The Morgan fingerprint density at radius 3 is 2.43 bits per heavy atom. The van der Waals surface area contributed by atoms with E-state index in [1.807, 2.05) is 51.1 Å². The summed E-state index contributed by atoms with van der Waals surface area (Å²) in [7, 11) is 0. The van der Waals surface area contributed by atoms with Crippen LogP contribution in [-0.4, -0.2) is 35.7 Å². The lowest BCUT2D eigenvalue weighted by atomic mass is 9.94. The summed E-state index contributed by atoms with van der Waals surface area (Å²) in [6.45, 7) is 8.11. The smallest absolute Gasteiger partial charge is 0.410 e. The third-order valence-electron chi connectivity index (χ3n) is 3.76. The maximum absolute atomic E-state index is 12.5. The van der Waals surface area contributed by atoms with Crippen molar-refractivity contribution in [2.45, 2.75) is 45.8 Å². The number of hydrogen-bond acceptors (Lipinski definition) is 4. The minimum Gasteiger partial charge on any atom is -0.466 e. The number of carbonyl (C=O) groups is 2. The van der Waals surface area contributed by atoms with Crippen molar-refractivity contribution in [1.82, 2.24) is 4.90 Å². The predicted molar refractivity (Wildman–Crippen MR) is 86.9 cm³/mol. The van der Waals surface area contributed by atoms with Gasteiger partial charge in [-0.3, -0.25) is 4.79 Å². The zero-order valence-electron chi connectivity index (χ0n) is 14.2. The molecule has 0 spiro atoms. The molecule has 2 rings (SSSR count). The Labute approximate surface area is 137 Å². The fourth-order valence-electron chi connectivity index (χ4n) is 2.88. The van der Waals surface area contributed by atoms with Gasteiger partial charge in [0.15, 0.2) is 0 Å². The van der Waals surface area contributed by atoms with Crippen LogP contribution in [0.3, 0.4) is 0 Å². The van der Waals surface area contributed by atoms with E-state index >= 15 is 0 Å². The Morgan fingerprint density at radius 2 is 1.87 bits per heavy atom. The minimum absolute atomic E-state index is 0.257. The van der Waals surface area contributed by atoms with Crippen LogP contribution < -0.4 is 0 Å². The first-order chi connectivity index (χ1) is 10.8. The number of ether oxygens (including phenoxy) is 2. The van der Waals surface area contributed by atoms with Gasteiger partial charge >= 0.3 is 12.1 Å². The van der Waals surface area contributed by atoms with Crippen molar-refractivity contribution in [3.63, 3.8) is 0 Å². The van der Waals surface area contributed by atoms with Crippen LogP contribution in [0.1, 0.15) is 45.7 Å². The summed E-state index contributed by atoms with van der Waals surface area (Å²) in [4.78, 5) is 26.4. The molecule has 1 fully saturated rings. The van der Waals surface area contributed by atoms with Gasteiger partial charge in [-0.2, -0.15) is 0 Å². The summed E-state index contributed by atoms with van der Waals surface area (Å²) < 4.78 is 10.7. The monoisotopic (exact) mass is 319 g/mol. The highest BCUT2D eigenvalue weighted by Crippen LogP contribution is 2.38. The molecule has 0 radical (unpaired) electrons. The van der Waals surface area contributed by atoms with E-state index in [1.165, 1.54) is 0 Å². The fourth-order valence-corrected chi connectivity index (χ4v) is 2.88. The molecule has 5 nitrogen and oxygen atoms in total. The first-order valence-corrected chi connectivity index (χ1v) is 8.04. The molecule has 0 aliphatic carbocycles. The minimum atomic E-state index is -0.569. The summed E-state index contributed by atoms with van der Waals surface area (Å²) in [5, 5.41) is 0. The molecule has 5 heteroatoms. The van der Waals surface area contributed by atoms with Crippen LogP contribution in [0.15, 0.2) is 30.3 Å². The lowest BCUT2D eigenvalue weighted by Crippen LogP contribution is -2.38. The van der Waals surface area contributed by atoms with E-state index in [-0.39, 0.29) is 17.9 Å². The number of amides is 1. The lowest BCUT2D eigenvalue weighted by molar-refractivity contribution is -0.148. The van der Waals surface area contributed by atoms with Gasteiger partial charge in [0.2, 0.25) is 0 Å². The molecule has 2 unspecified atom stereocenters. The molecule has 1 aliphatic heterocycles. The van der Waals surface area contributed by atoms with Crippen molar-refractivity contribution in [2.24, 2.45) is 5.92 Å². The summed E-state index contributed by atoms with van der Waals surface area (Å²) in [5.74, 6) is -0.614. The number of hydrogen-bond donors (Lipinski definition) is 0. The molecule has 2 atom stereocenters. The molecular weight excluding hydrogens is 294 g/mol. The first-order valence-electron chi connectivity index (χ1n) is 8.04. The Morgan fingerprint density at radius 1 is 1.22 bits per heavy atom. The van der Waals surface area contributed by atoms with Gasteiger partial charge in [0.05, 0.1) is 18.6 Å². The molecule has 23 heavy (non-hydrogen) atoms. The van der Waals surface area contributed by atoms with Crippen molar-refractivity contribution in [3.05, 3.63) is 35.9 Å². The first kappa shape index (κ1) is 17.3. The van der Waals surface area contributed by atoms with Crippen LogP contribution in [0.2, 0.25) is 0 Å². The average Bonchev–Trinajstić information content (AvgIpc) is 2.91. The quantitative estimate of drug-likeness (QED) is 0.800. The highest BCUT2D eigenvalue weighted by molar-refractivity contribution is 5.77. The SMILES string of the molecule is CCOC(=O)C1CCN(C(=O)OC(C)(C)C)C1c1ccccc1. The van der Waals surface area contributed by atoms with E-state index in [9.17, 15) is 9.59 Å². The number of rotatable bonds is 3. The van der Waals surface area contributed by atoms with E-state index in [4.69, 9.17) is 9.47 Å². The molecule has 1 amide bonds. The van der Waals surface area contributed by atoms with E-state index in [0.717, 1.165) is 5.56 Å². The van der Waals surface area contributed by atoms with E-state index in [0.29, 0.717) is 19.6 Å². The number of likely N-dealkylation sites (tertiary alicyclic amines) is 1. The van der Waals surface area contributed by atoms with Crippen LogP contribution in [0, 0.1) is 5.92 Å². The molecule has 1 aliphatic rings. The van der Waals surface area contributed by atoms with E-state index in [2.05, 4.69) is 0 Å². The van der Waals surface area contributed by atoms with Crippen molar-refractivity contribution in [2.75, 3.05) is 13.2 Å². The van der Waals surface area contributed by atoms with Gasteiger partial charge < -0.3 is 14.4 Å². The van der Waals surface area contributed by atoms with Gasteiger partial charge in [-0.05, 0) is 39.7 Å². The summed E-state index contributed by atoms with van der Waals surface area (Å²) in [5.41, 5.74) is 0.356. The van der Waals surface area contributed by atoms with Gasteiger partial charge in [-0.1, -0.05) is 30.3 Å². The summed E-state index contributed by atoms with van der Waals surface area (Å²) in [6.07, 6.45) is 0.190. The van der Waals surface area contributed by atoms with Crippen LogP contribution in [-0.2, 0) is 14.3 Å². The molecule has 0 aromatic heterocycles. The maximum Gasteiger partial charge on any atom is 0.410 e. The van der Waals surface area contributed by atoms with E-state index in [1.54, 1.807) is 11.8 Å². The average molecular weight is 319 g/mol. The Hall–Kier alpha value is -2.04. The van der Waals surface area contributed by atoms with Crippen LogP contribution >= 0.6 is 0 Å². The summed E-state index contributed by atoms with van der Waals surface area (Å²) >= 11 is 0. The molecular formula is C18H25NO4. The molecule has 1 aromatic rings. The highest BCUT2D eigenvalue weighted by Gasteiger charge is 2.44. The van der Waals surface area contributed by atoms with Gasteiger partial charge in [-0.15, -0.1) is 0 Å². The van der Waals surface area contributed by atoms with Crippen LogP contribution in [0.5, 0.6) is 0 Å². The van der Waals surface area contributed by atoms with Crippen molar-refractivity contribution in [1.29, 1.82) is 0 Å². The van der Waals surface area contributed by atoms with Gasteiger partial charge in [0.25, 0.3) is 0 Å². The number of esters is 1. The molecule has 1 saturated heterocycles. The number of benzene rings is 1. The molecule has 126 valence electrons. The Kier molecular flexibility index (Phi) is 5.29. The van der Waals surface area contributed by atoms with Crippen LogP contribution in [0.4, 0.5) is 4.79 Å². The maximum atomic E-state index is 12.5. The topological polar surface area (TPSA) is 55.8 Å². The number of carbonyl (C=O) groups excluding carboxylic acids is 2. The zero-order chi connectivity index (χ0) is 17.0. The second-order valence-electron chi connectivity index (χ2n) is 6.68. The second kappa shape index (κ2) is 7.02. The lowest BCUT2D eigenvalue weighted by Gasteiger charge is -2.30.